The third-order valence-electron chi connectivity index (χ3n) is 2.75. The van der Waals surface area contributed by atoms with E-state index in [0.29, 0.717) is 5.33 Å². The lowest BCUT2D eigenvalue weighted by Crippen LogP contribution is -2.25. The highest BCUT2D eigenvalue weighted by Gasteiger charge is 1.97. The van der Waals surface area contributed by atoms with Crippen LogP contribution in [0.1, 0.15) is 31.2 Å². The number of nitrogens with one attached hydrogen (secondary N) is 1. The molecule has 0 aromatic heterocycles. The van der Waals surface area contributed by atoms with E-state index in [9.17, 15) is 4.79 Å². The van der Waals surface area contributed by atoms with Crippen LogP contribution in [-0.4, -0.2) is 17.8 Å². The van der Waals surface area contributed by atoms with E-state index in [1.165, 1.54) is 18.4 Å². The highest BCUT2D eigenvalue weighted by atomic mass is 79.9. The Balaban J connectivity index is 1.99. The maximum Gasteiger partial charge on any atom is 0.230 e. The van der Waals surface area contributed by atoms with Gasteiger partial charge in [-0.1, -0.05) is 52.5 Å². The molecule has 1 aromatic rings. The monoisotopic (exact) mass is 331 g/mol. The lowest BCUT2D eigenvalue weighted by atomic mass is 10.1. The molecule has 2 nitrogen and oxygen atoms in total. The summed E-state index contributed by atoms with van der Waals surface area (Å²) in [5.74, 6) is 0.0659. The molecule has 0 atom stereocenters. The van der Waals surface area contributed by atoms with Gasteiger partial charge in [-0.05, 0) is 37.0 Å². The zero-order chi connectivity index (χ0) is 13.2. The SMILES string of the molecule is O=C(CBr)NCCCCCCc1ccc(Cl)cc1. The molecule has 18 heavy (non-hydrogen) atoms. The van der Waals surface area contributed by atoms with Crippen LogP contribution in [0.5, 0.6) is 0 Å². The van der Waals surface area contributed by atoms with Crippen LogP contribution in [0.25, 0.3) is 0 Å². The third kappa shape index (κ3) is 7.02. The van der Waals surface area contributed by atoms with Gasteiger partial charge in [0.25, 0.3) is 0 Å². The molecule has 1 rings (SSSR count). The van der Waals surface area contributed by atoms with Crippen LogP contribution in [0.3, 0.4) is 0 Å². The molecule has 0 aliphatic heterocycles. The molecule has 0 unspecified atom stereocenters. The Hall–Kier alpha value is -0.540. The predicted molar refractivity (Wildman–Crippen MR) is 80.4 cm³/mol. The minimum atomic E-state index is 0.0659. The van der Waals surface area contributed by atoms with Gasteiger partial charge in [0.05, 0.1) is 5.33 Å². The van der Waals surface area contributed by atoms with Gasteiger partial charge in [-0.25, -0.2) is 0 Å². The summed E-state index contributed by atoms with van der Waals surface area (Å²) in [4.78, 5) is 10.9. The quantitative estimate of drug-likeness (QED) is 0.567. The zero-order valence-corrected chi connectivity index (χ0v) is 12.8. The predicted octanol–water partition coefficient (Wildman–Crippen LogP) is 3.95. The number of benzene rings is 1. The molecule has 100 valence electrons. The van der Waals surface area contributed by atoms with Crippen molar-refractivity contribution in [1.29, 1.82) is 0 Å². The summed E-state index contributed by atoms with van der Waals surface area (Å²) in [6.07, 6.45) is 5.71. The number of hydrogen-bond acceptors (Lipinski definition) is 1. The van der Waals surface area contributed by atoms with Crippen molar-refractivity contribution in [2.75, 3.05) is 11.9 Å². The van der Waals surface area contributed by atoms with Crippen LogP contribution >= 0.6 is 27.5 Å². The fourth-order valence-electron chi connectivity index (χ4n) is 1.73. The molecule has 0 heterocycles. The van der Waals surface area contributed by atoms with Crippen molar-refractivity contribution < 1.29 is 4.79 Å². The van der Waals surface area contributed by atoms with Gasteiger partial charge < -0.3 is 5.32 Å². The van der Waals surface area contributed by atoms with E-state index in [-0.39, 0.29) is 5.91 Å². The summed E-state index contributed by atoms with van der Waals surface area (Å²) in [5.41, 5.74) is 1.34. The molecule has 0 bridgehead atoms. The van der Waals surface area contributed by atoms with E-state index in [1.807, 2.05) is 12.1 Å². The van der Waals surface area contributed by atoms with Crippen molar-refractivity contribution in [3.8, 4) is 0 Å². The standard InChI is InChI=1S/C14H19BrClNO/c15-11-14(18)17-10-4-2-1-3-5-12-6-8-13(16)9-7-12/h6-9H,1-5,10-11H2,(H,17,18). The molecule has 1 aromatic carbocycles. The van der Waals surface area contributed by atoms with Crippen molar-refractivity contribution in [3.63, 3.8) is 0 Å². The Bertz CT molecular complexity index is 353. The second-order valence-electron chi connectivity index (χ2n) is 4.27. The Kier molecular flexibility index (Phi) is 8.10. The minimum absolute atomic E-state index is 0.0659. The first kappa shape index (κ1) is 15.5. The van der Waals surface area contributed by atoms with Crippen molar-refractivity contribution in [2.24, 2.45) is 0 Å². The van der Waals surface area contributed by atoms with Crippen molar-refractivity contribution in [1.82, 2.24) is 5.32 Å². The van der Waals surface area contributed by atoms with Crippen LogP contribution in [0.2, 0.25) is 5.02 Å². The van der Waals surface area contributed by atoms with Gasteiger partial charge in [-0.15, -0.1) is 0 Å². The highest BCUT2D eigenvalue weighted by molar-refractivity contribution is 9.09. The smallest absolute Gasteiger partial charge is 0.230 e. The maximum absolute atomic E-state index is 10.9. The molecule has 1 N–H and O–H groups in total. The number of rotatable bonds is 8. The first-order valence-electron chi connectivity index (χ1n) is 6.29. The number of aryl methyl sites for hydroxylation is 1. The molecule has 0 saturated heterocycles. The number of unbranched alkanes of at least 4 members (excludes halogenated alkanes) is 3. The molecular formula is C14H19BrClNO. The Labute approximate surface area is 122 Å². The molecule has 0 saturated carbocycles. The first-order valence-corrected chi connectivity index (χ1v) is 7.79. The number of hydrogen-bond donors (Lipinski definition) is 1. The van der Waals surface area contributed by atoms with Gasteiger partial charge in [0.2, 0.25) is 5.91 Å². The van der Waals surface area contributed by atoms with E-state index in [4.69, 9.17) is 11.6 Å². The topological polar surface area (TPSA) is 29.1 Å². The van der Waals surface area contributed by atoms with Crippen LogP contribution in [0.15, 0.2) is 24.3 Å². The third-order valence-corrected chi connectivity index (χ3v) is 3.51. The molecule has 1 amide bonds. The van der Waals surface area contributed by atoms with Crippen molar-refractivity contribution in [2.45, 2.75) is 32.1 Å². The second kappa shape index (κ2) is 9.40. The van der Waals surface area contributed by atoms with E-state index in [0.717, 1.165) is 30.8 Å². The second-order valence-corrected chi connectivity index (χ2v) is 5.27. The summed E-state index contributed by atoms with van der Waals surface area (Å²) < 4.78 is 0. The van der Waals surface area contributed by atoms with Gasteiger partial charge >= 0.3 is 0 Å². The fraction of sp³-hybridized carbons (Fsp3) is 0.500. The summed E-state index contributed by atoms with van der Waals surface area (Å²) in [7, 11) is 0. The highest BCUT2D eigenvalue weighted by Crippen LogP contribution is 2.12. The number of alkyl halides is 1. The van der Waals surface area contributed by atoms with Crippen LogP contribution in [0.4, 0.5) is 0 Å². The number of amides is 1. The summed E-state index contributed by atoms with van der Waals surface area (Å²) in [6, 6.07) is 8.04. The molecular weight excluding hydrogens is 314 g/mol. The minimum Gasteiger partial charge on any atom is -0.355 e. The van der Waals surface area contributed by atoms with E-state index in [2.05, 4.69) is 33.4 Å². The Morgan fingerprint density at radius 2 is 1.78 bits per heavy atom. The van der Waals surface area contributed by atoms with Gasteiger partial charge in [-0.2, -0.15) is 0 Å². The van der Waals surface area contributed by atoms with Gasteiger partial charge in [-0.3, -0.25) is 4.79 Å². The van der Waals surface area contributed by atoms with Crippen molar-refractivity contribution in [3.05, 3.63) is 34.9 Å². The normalized spacial score (nSPS) is 10.3. The van der Waals surface area contributed by atoms with E-state index in [1.54, 1.807) is 0 Å². The molecule has 0 aliphatic carbocycles. The van der Waals surface area contributed by atoms with Gasteiger partial charge in [0.15, 0.2) is 0 Å². The molecule has 0 aliphatic rings. The summed E-state index contributed by atoms with van der Waals surface area (Å²) >= 11 is 8.95. The number of carbonyl (C=O) groups is 1. The van der Waals surface area contributed by atoms with Crippen LogP contribution in [-0.2, 0) is 11.2 Å². The molecule has 4 heteroatoms. The lowest BCUT2D eigenvalue weighted by molar-refractivity contribution is -0.118. The van der Waals surface area contributed by atoms with E-state index < -0.39 is 0 Å². The molecule has 0 radical (unpaired) electrons. The Morgan fingerprint density at radius 1 is 1.11 bits per heavy atom. The largest absolute Gasteiger partial charge is 0.355 e. The zero-order valence-electron chi connectivity index (χ0n) is 10.4. The van der Waals surface area contributed by atoms with E-state index >= 15 is 0 Å². The van der Waals surface area contributed by atoms with Gasteiger partial charge in [0.1, 0.15) is 0 Å². The molecule has 0 spiro atoms. The first-order chi connectivity index (χ1) is 8.72. The fourth-order valence-corrected chi connectivity index (χ4v) is 2.06. The van der Waals surface area contributed by atoms with Crippen molar-refractivity contribution >= 4 is 33.4 Å². The number of halogens is 2. The molecule has 0 fully saturated rings. The average molecular weight is 333 g/mol. The van der Waals surface area contributed by atoms with Crippen LogP contribution < -0.4 is 5.32 Å². The maximum atomic E-state index is 10.9. The summed E-state index contributed by atoms with van der Waals surface area (Å²) in [5, 5.41) is 4.03. The van der Waals surface area contributed by atoms with Crippen LogP contribution in [0, 0.1) is 0 Å². The number of carbonyl (C=O) groups excluding carboxylic acids is 1. The Morgan fingerprint density at radius 3 is 2.44 bits per heavy atom. The average Bonchev–Trinajstić information content (AvgIpc) is 2.39. The lowest BCUT2D eigenvalue weighted by Gasteiger charge is -2.04. The summed E-state index contributed by atoms with van der Waals surface area (Å²) in [6.45, 7) is 0.783. The van der Waals surface area contributed by atoms with Gasteiger partial charge in [0, 0.05) is 11.6 Å².